The van der Waals surface area contributed by atoms with E-state index >= 15 is 0 Å². The van der Waals surface area contributed by atoms with E-state index in [9.17, 15) is 9.18 Å². The number of halogens is 2. The summed E-state index contributed by atoms with van der Waals surface area (Å²) in [6.07, 6.45) is 0. The first-order valence-corrected chi connectivity index (χ1v) is 6.14. The normalized spacial score (nSPS) is 10.3. The summed E-state index contributed by atoms with van der Waals surface area (Å²) in [6.45, 7) is 0. The first kappa shape index (κ1) is 13.6. The highest BCUT2D eigenvalue weighted by Crippen LogP contribution is 2.20. The van der Waals surface area contributed by atoms with Crippen molar-refractivity contribution in [1.82, 2.24) is 0 Å². The Bertz CT molecular complexity index is 625. The van der Waals surface area contributed by atoms with Crippen LogP contribution in [0.2, 0.25) is 5.02 Å². The van der Waals surface area contributed by atoms with Gasteiger partial charge >= 0.3 is 0 Å². The highest BCUT2D eigenvalue weighted by atomic mass is 35.5. The van der Waals surface area contributed by atoms with Crippen molar-refractivity contribution >= 4 is 23.1 Å². The molecule has 0 unspecified atom stereocenters. The largest absolute Gasteiger partial charge is 0.378 e. The fourth-order valence-corrected chi connectivity index (χ4v) is 1.91. The molecule has 98 valence electrons. The van der Waals surface area contributed by atoms with E-state index in [0.717, 1.165) is 11.8 Å². The lowest BCUT2D eigenvalue weighted by molar-refractivity contribution is 0.103. The number of carbonyl (C=O) groups excluding carboxylic acids is 1. The molecule has 0 saturated heterocycles. The summed E-state index contributed by atoms with van der Waals surface area (Å²) in [6, 6.07) is 11.1. The van der Waals surface area contributed by atoms with E-state index in [4.69, 9.17) is 11.6 Å². The van der Waals surface area contributed by atoms with E-state index in [1.165, 1.54) is 12.1 Å². The van der Waals surface area contributed by atoms with Crippen molar-refractivity contribution in [3.63, 3.8) is 0 Å². The molecule has 19 heavy (non-hydrogen) atoms. The summed E-state index contributed by atoms with van der Waals surface area (Å²) in [5.74, 6) is -0.953. The second-order valence-electron chi connectivity index (χ2n) is 4.40. The fraction of sp³-hybridized carbons (Fsp3) is 0.133. The molecule has 0 amide bonds. The zero-order chi connectivity index (χ0) is 14.0. The molecule has 0 bridgehead atoms. The van der Waals surface area contributed by atoms with Crippen molar-refractivity contribution in [3.8, 4) is 0 Å². The van der Waals surface area contributed by atoms with Gasteiger partial charge < -0.3 is 4.90 Å². The van der Waals surface area contributed by atoms with Gasteiger partial charge in [0.25, 0.3) is 0 Å². The number of hydrogen-bond donors (Lipinski definition) is 0. The molecule has 2 aromatic carbocycles. The number of benzene rings is 2. The Morgan fingerprint density at radius 2 is 1.89 bits per heavy atom. The van der Waals surface area contributed by atoms with Crippen LogP contribution in [-0.2, 0) is 0 Å². The second-order valence-corrected chi connectivity index (χ2v) is 4.83. The topological polar surface area (TPSA) is 20.3 Å². The van der Waals surface area contributed by atoms with Crippen LogP contribution in [0, 0.1) is 5.82 Å². The number of carbonyl (C=O) groups is 1. The predicted molar refractivity (Wildman–Crippen MR) is 75.6 cm³/mol. The number of nitrogens with zero attached hydrogens (tertiary/aromatic N) is 1. The molecule has 2 nitrogen and oxygen atoms in total. The van der Waals surface area contributed by atoms with Gasteiger partial charge in [0.05, 0.1) is 5.56 Å². The third-order valence-electron chi connectivity index (χ3n) is 2.80. The minimum Gasteiger partial charge on any atom is -0.378 e. The lowest BCUT2D eigenvalue weighted by Gasteiger charge is -2.13. The molecule has 0 atom stereocenters. The Labute approximate surface area is 116 Å². The van der Waals surface area contributed by atoms with E-state index in [1.807, 2.05) is 25.1 Å². The van der Waals surface area contributed by atoms with Gasteiger partial charge in [0, 0.05) is 30.4 Å². The van der Waals surface area contributed by atoms with Gasteiger partial charge in [-0.25, -0.2) is 4.39 Å². The zero-order valence-corrected chi connectivity index (χ0v) is 11.4. The average molecular weight is 278 g/mol. The summed E-state index contributed by atoms with van der Waals surface area (Å²) in [5, 5.41) is 0.274. The highest BCUT2D eigenvalue weighted by Gasteiger charge is 2.14. The summed E-state index contributed by atoms with van der Waals surface area (Å²) in [4.78, 5) is 14.1. The van der Waals surface area contributed by atoms with Gasteiger partial charge in [0.1, 0.15) is 5.82 Å². The van der Waals surface area contributed by atoms with E-state index < -0.39 is 5.82 Å². The minimum atomic E-state index is -0.604. The van der Waals surface area contributed by atoms with E-state index in [0.29, 0.717) is 5.56 Å². The van der Waals surface area contributed by atoms with Crippen LogP contribution >= 0.6 is 11.6 Å². The lowest BCUT2D eigenvalue weighted by atomic mass is 10.0. The molecule has 0 saturated carbocycles. The molecule has 0 radical (unpaired) electrons. The third-order valence-corrected chi connectivity index (χ3v) is 3.04. The van der Waals surface area contributed by atoms with Gasteiger partial charge in [0.15, 0.2) is 5.78 Å². The van der Waals surface area contributed by atoms with Crippen LogP contribution in [0.5, 0.6) is 0 Å². The Kier molecular flexibility index (Phi) is 3.86. The highest BCUT2D eigenvalue weighted by molar-refractivity contribution is 6.30. The Balaban J connectivity index is 2.41. The summed E-state index contributed by atoms with van der Waals surface area (Å²) >= 11 is 5.68. The molecular weight excluding hydrogens is 265 g/mol. The van der Waals surface area contributed by atoms with E-state index in [-0.39, 0.29) is 16.4 Å². The minimum absolute atomic E-state index is 0.0281. The molecule has 0 aromatic heterocycles. The van der Waals surface area contributed by atoms with Crippen LogP contribution in [0.1, 0.15) is 15.9 Å². The maximum absolute atomic E-state index is 13.7. The first-order valence-electron chi connectivity index (χ1n) is 5.76. The van der Waals surface area contributed by atoms with Gasteiger partial charge in [-0.1, -0.05) is 23.7 Å². The molecule has 0 heterocycles. The van der Waals surface area contributed by atoms with Gasteiger partial charge in [0.2, 0.25) is 0 Å². The first-order chi connectivity index (χ1) is 8.99. The van der Waals surface area contributed by atoms with E-state index in [1.54, 1.807) is 18.2 Å². The third kappa shape index (κ3) is 2.93. The monoisotopic (exact) mass is 277 g/mol. The number of ketones is 1. The summed E-state index contributed by atoms with van der Waals surface area (Å²) in [5.41, 5.74) is 1.37. The average Bonchev–Trinajstić information content (AvgIpc) is 2.38. The smallest absolute Gasteiger partial charge is 0.196 e. The van der Waals surface area contributed by atoms with Crippen LogP contribution in [0.3, 0.4) is 0 Å². The molecule has 4 heteroatoms. The summed E-state index contributed by atoms with van der Waals surface area (Å²) < 4.78 is 13.7. The second kappa shape index (κ2) is 5.41. The SMILES string of the molecule is CN(C)c1cccc(C(=O)c2ccc(Cl)cc2F)c1. The number of hydrogen-bond acceptors (Lipinski definition) is 2. The van der Waals surface area contributed by atoms with Crippen molar-refractivity contribution in [1.29, 1.82) is 0 Å². The van der Waals surface area contributed by atoms with Crippen molar-refractivity contribution in [2.45, 2.75) is 0 Å². The van der Waals surface area contributed by atoms with Gasteiger partial charge in [-0.15, -0.1) is 0 Å². The zero-order valence-electron chi connectivity index (χ0n) is 10.7. The molecule has 0 aliphatic rings. The van der Waals surface area contributed by atoms with Crippen molar-refractivity contribution in [2.24, 2.45) is 0 Å². The van der Waals surface area contributed by atoms with Gasteiger partial charge in [-0.2, -0.15) is 0 Å². The van der Waals surface area contributed by atoms with Crippen LogP contribution in [0.4, 0.5) is 10.1 Å². The fourth-order valence-electron chi connectivity index (χ4n) is 1.75. The van der Waals surface area contributed by atoms with Crippen molar-refractivity contribution < 1.29 is 9.18 Å². The number of anilines is 1. The van der Waals surface area contributed by atoms with Crippen molar-refractivity contribution in [3.05, 3.63) is 64.4 Å². The molecule has 2 aromatic rings. The van der Waals surface area contributed by atoms with Crippen LogP contribution in [0.15, 0.2) is 42.5 Å². The molecular formula is C15H13ClFNO. The molecule has 0 aliphatic carbocycles. The lowest BCUT2D eigenvalue weighted by Crippen LogP contribution is -2.10. The Hall–Kier alpha value is -1.87. The molecule has 0 spiro atoms. The predicted octanol–water partition coefficient (Wildman–Crippen LogP) is 3.78. The molecule has 2 rings (SSSR count). The maximum Gasteiger partial charge on any atom is 0.196 e. The van der Waals surface area contributed by atoms with Crippen LogP contribution in [-0.4, -0.2) is 19.9 Å². The Morgan fingerprint density at radius 1 is 1.16 bits per heavy atom. The van der Waals surface area contributed by atoms with E-state index in [2.05, 4.69) is 0 Å². The molecule has 0 N–H and O–H groups in total. The van der Waals surface area contributed by atoms with Crippen LogP contribution in [0.25, 0.3) is 0 Å². The van der Waals surface area contributed by atoms with Crippen molar-refractivity contribution in [2.75, 3.05) is 19.0 Å². The quantitative estimate of drug-likeness (QED) is 0.796. The van der Waals surface area contributed by atoms with Crippen LogP contribution < -0.4 is 4.90 Å². The van der Waals surface area contributed by atoms with Gasteiger partial charge in [-0.3, -0.25) is 4.79 Å². The van der Waals surface area contributed by atoms with Gasteiger partial charge in [-0.05, 0) is 30.3 Å². The molecule has 0 aliphatic heterocycles. The standard InChI is InChI=1S/C15H13ClFNO/c1-18(2)12-5-3-4-10(8-12)15(19)13-7-6-11(16)9-14(13)17/h3-9H,1-2H3. The number of rotatable bonds is 3. The Morgan fingerprint density at radius 3 is 2.53 bits per heavy atom. The molecule has 0 fully saturated rings. The maximum atomic E-state index is 13.7. The summed E-state index contributed by atoms with van der Waals surface area (Å²) in [7, 11) is 3.76.